The maximum atomic E-state index is 13.0. The van der Waals surface area contributed by atoms with E-state index in [1.807, 2.05) is 56.3 Å². The van der Waals surface area contributed by atoms with E-state index in [4.69, 9.17) is 4.74 Å². The van der Waals surface area contributed by atoms with Crippen LogP contribution in [0.2, 0.25) is 0 Å². The highest BCUT2D eigenvalue weighted by molar-refractivity contribution is 5.88. The minimum Gasteiger partial charge on any atom is -0.446 e. The number of benzene rings is 1. The summed E-state index contributed by atoms with van der Waals surface area (Å²) >= 11 is 0. The Morgan fingerprint density at radius 3 is 2.49 bits per heavy atom. The second kappa shape index (κ2) is 14.3. The van der Waals surface area contributed by atoms with E-state index in [1.54, 1.807) is 14.1 Å². The Morgan fingerprint density at radius 2 is 1.86 bits per heavy atom. The normalized spacial score (nSPS) is 25.3. The molecule has 192 valence electrons. The van der Waals surface area contributed by atoms with Crippen molar-refractivity contribution in [1.82, 2.24) is 15.5 Å². The smallest absolute Gasteiger partial charge is 0.408 e. The molecule has 2 rings (SSSR count). The SMILES string of the molecule is CC(C)CC1NC(=O)OC(Cc2ccccc2)CC/C=C/CC(C(=O)N(C)C)C[C@H](C=O)NC1=O. The van der Waals surface area contributed by atoms with E-state index >= 15 is 0 Å². The van der Waals surface area contributed by atoms with Crippen LogP contribution in [0.15, 0.2) is 42.5 Å². The summed E-state index contributed by atoms with van der Waals surface area (Å²) in [6.07, 6.45) is 6.36. The molecule has 1 aliphatic heterocycles. The van der Waals surface area contributed by atoms with Crippen molar-refractivity contribution in [3.63, 3.8) is 0 Å². The van der Waals surface area contributed by atoms with Crippen molar-refractivity contribution in [2.24, 2.45) is 11.8 Å². The summed E-state index contributed by atoms with van der Waals surface area (Å²) in [5.41, 5.74) is 1.05. The molecule has 1 aromatic rings. The van der Waals surface area contributed by atoms with Crippen molar-refractivity contribution < 1.29 is 23.9 Å². The van der Waals surface area contributed by atoms with Crippen LogP contribution >= 0.6 is 0 Å². The number of amides is 3. The summed E-state index contributed by atoms with van der Waals surface area (Å²) in [4.78, 5) is 51.8. The second-order valence-corrected chi connectivity index (χ2v) is 9.74. The third-order valence-corrected chi connectivity index (χ3v) is 5.96. The predicted molar refractivity (Wildman–Crippen MR) is 135 cm³/mol. The van der Waals surface area contributed by atoms with Crippen LogP contribution in [-0.4, -0.2) is 61.4 Å². The zero-order valence-electron chi connectivity index (χ0n) is 21.2. The number of aldehydes is 1. The van der Waals surface area contributed by atoms with Crippen LogP contribution in [0.4, 0.5) is 4.79 Å². The minimum atomic E-state index is -0.853. The van der Waals surface area contributed by atoms with Crippen LogP contribution < -0.4 is 10.6 Å². The number of cyclic esters (lactones) is 1. The number of ether oxygens (including phenoxy) is 1. The molecule has 4 atom stereocenters. The molecule has 3 unspecified atom stereocenters. The second-order valence-electron chi connectivity index (χ2n) is 9.74. The molecule has 8 heteroatoms. The lowest BCUT2D eigenvalue weighted by molar-refractivity contribution is -0.134. The van der Waals surface area contributed by atoms with Crippen molar-refractivity contribution in [3.8, 4) is 0 Å². The Labute approximate surface area is 208 Å². The quantitative estimate of drug-likeness (QED) is 0.475. The molecule has 8 nitrogen and oxygen atoms in total. The number of allylic oxidation sites excluding steroid dienone is 2. The fourth-order valence-electron chi connectivity index (χ4n) is 4.17. The lowest BCUT2D eigenvalue weighted by Crippen LogP contribution is -2.51. The Bertz CT molecular complexity index is 869. The molecule has 1 aromatic carbocycles. The molecule has 1 aliphatic rings. The average molecular weight is 486 g/mol. The van der Waals surface area contributed by atoms with Gasteiger partial charge in [-0.25, -0.2) is 4.79 Å². The number of alkyl carbamates (subject to hydrolysis) is 1. The monoisotopic (exact) mass is 485 g/mol. The zero-order chi connectivity index (χ0) is 25.8. The van der Waals surface area contributed by atoms with Gasteiger partial charge in [-0.3, -0.25) is 9.59 Å². The standard InChI is InChI=1S/C27H39N3O5/c1-19(2)15-24-25(32)28-22(18-31)17-21(26(33)30(3)4)13-9-6-10-14-23(35-27(34)29-24)16-20-11-7-5-8-12-20/h5-9,11-12,18-19,21-24H,10,13-17H2,1-4H3,(H,28,32)(H,29,34)/b9-6+/t21?,22-,23?,24?/m1/s1. The topological polar surface area (TPSA) is 105 Å². The highest BCUT2D eigenvalue weighted by Gasteiger charge is 2.29. The molecular formula is C27H39N3O5. The molecule has 0 radical (unpaired) electrons. The number of hydrogen-bond donors (Lipinski definition) is 2. The van der Waals surface area contributed by atoms with Crippen LogP contribution in [-0.2, 0) is 25.5 Å². The largest absolute Gasteiger partial charge is 0.446 e. The van der Waals surface area contributed by atoms with Crippen LogP contribution in [0.1, 0.15) is 51.5 Å². The molecule has 0 spiro atoms. The summed E-state index contributed by atoms with van der Waals surface area (Å²) in [7, 11) is 3.35. The molecule has 0 bridgehead atoms. The van der Waals surface area contributed by atoms with Crippen LogP contribution in [0.3, 0.4) is 0 Å². The Balaban J connectivity index is 2.28. The highest BCUT2D eigenvalue weighted by Crippen LogP contribution is 2.18. The van der Waals surface area contributed by atoms with Gasteiger partial charge in [-0.2, -0.15) is 0 Å². The fourth-order valence-corrected chi connectivity index (χ4v) is 4.17. The van der Waals surface area contributed by atoms with Crippen LogP contribution in [0.25, 0.3) is 0 Å². The van der Waals surface area contributed by atoms with Crippen molar-refractivity contribution in [2.75, 3.05) is 14.1 Å². The van der Waals surface area contributed by atoms with Gasteiger partial charge in [-0.1, -0.05) is 56.3 Å². The molecule has 35 heavy (non-hydrogen) atoms. The Kier molecular flexibility index (Phi) is 11.5. The van der Waals surface area contributed by atoms with E-state index in [9.17, 15) is 19.2 Å². The molecular weight excluding hydrogens is 446 g/mol. The Morgan fingerprint density at radius 1 is 1.14 bits per heavy atom. The molecule has 0 saturated heterocycles. The number of carbonyl (C=O) groups is 4. The maximum absolute atomic E-state index is 13.0. The van der Waals surface area contributed by atoms with Gasteiger partial charge in [0, 0.05) is 26.4 Å². The van der Waals surface area contributed by atoms with Gasteiger partial charge >= 0.3 is 6.09 Å². The van der Waals surface area contributed by atoms with Gasteiger partial charge in [0.2, 0.25) is 11.8 Å². The first-order chi connectivity index (χ1) is 16.7. The first kappa shape index (κ1) is 28.1. The molecule has 3 amide bonds. The highest BCUT2D eigenvalue weighted by atomic mass is 16.6. The first-order valence-electron chi connectivity index (χ1n) is 12.3. The molecule has 0 fully saturated rings. The lowest BCUT2D eigenvalue weighted by Gasteiger charge is -2.25. The van der Waals surface area contributed by atoms with Gasteiger partial charge in [-0.15, -0.1) is 0 Å². The van der Waals surface area contributed by atoms with Gasteiger partial charge in [-0.05, 0) is 43.6 Å². The predicted octanol–water partition coefficient (Wildman–Crippen LogP) is 3.26. The fraction of sp³-hybridized carbons (Fsp3) is 0.556. The van der Waals surface area contributed by atoms with Gasteiger partial charge in [0.1, 0.15) is 18.4 Å². The maximum Gasteiger partial charge on any atom is 0.408 e. The van der Waals surface area contributed by atoms with E-state index in [0.717, 1.165) is 5.56 Å². The third-order valence-electron chi connectivity index (χ3n) is 5.96. The van der Waals surface area contributed by atoms with Gasteiger partial charge in [0.05, 0.1) is 6.04 Å². The summed E-state index contributed by atoms with van der Waals surface area (Å²) < 4.78 is 5.74. The third kappa shape index (κ3) is 9.92. The zero-order valence-corrected chi connectivity index (χ0v) is 21.2. The average Bonchev–Trinajstić information content (AvgIpc) is 2.81. The number of rotatable bonds is 6. The van der Waals surface area contributed by atoms with Crippen molar-refractivity contribution in [1.29, 1.82) is 0 Å². The number of nitrogens with zero attached hydrogens (tertiary/aromatic N) is 1. The molecule has 1 heterocycles. The van der Waals surface area contributed by atoms with Gasteiger partial charge < -0.3 is 25.1 Å². The number of carbonyl (C=O) groups excluding carboxylic acids is 4. The van der Waals surface area contributed by atoms with Crippen molar-refractivity contribution in [3.05, 3.63) is 48.0 Å². The van der Waals surface area contributed by atoms with E-state index in [1.165, 1.54) is 4.90 Å². The van der Waals surface area contributed by atoms with Gasteiger partial charge in [0.15, 0.2) is 0 Å². The van der Waals surface area contributed by atoms with E-state index < -0.39 is 30.0 Å². The van der Waals surface area contributed by atoms with Crippen molar-refractivity contribution >= 4 is 24.2 Å². The summed E-state index contributed by atoms with van der Waals surface area (Å²) in [6.45, 7) is 3.89. The molecule has 2 N–H and O–H groups in total. The Hall–Kier alpha value is -3.16. The molecule has 0 aliphatic carbocycles. The van der Waals surface area contributed by atoms with E-state index in [0.29, 0.717) is 38.4 Å². The van der Waals surface area contributed by atoms with E-state index in [2.05, 4.69) is 10.6 Å². The molecule has 0 aromatic heterocycles. The minimum absolute atomic E-state index is 0.0996. The number of hydrogen-bond acceptors (Lipinski definition) is 5. The van der Waals surface area contributed by atoms with Gasteiger partial charge in [0.25, 0.3) is 0 Å². The lowest BCUT2D eigenvalue weighted by atomic mass is 9.94. The summed E-state index contributed by atoms with van der Waals surface area (Å²) in [5, 5.41) is 5.41. The summed E-state index contributed by atoms with van der Waals surface area (Å²) in [6, 6.07) is 8.09. The van der Waals surface area contributed by atoms with Crippen molar-refractivity contribution in [2.45, 2.75) is 70.6 Å². The first-order valence-corrected chi connectivity index (χ1v) is 12.3. The summed E-state index contributed by atoms with van der Waals surface area (Å²) in [5.74, 6) is -0.891. The van der Waals surface area contributed by atoms with E-state index in [-0.39, 0.29) is 24.3 Å². The van der Waals surface area contributed by atoms with Crippen LogP contribution in [0, 0.1) is 11.8 Å². The molecule has 0 saturated carbocycles. The van der Waals surface area contributed by atoms with Crippen LogP contribution in [0.5, 0.6) is 0 Å². The number of nitrogens with one attached hydrogen (secondary N) is 2.